The minimum absolute atomic E-state index is 0.116. The summed E-state index contributed by atoms with van der Waals surface area (Å²) in [5.41, 5.74) is 1.71. The molecule has 0 aliphatic carbocycles. The van der Waals surface area contributed by atoms with E-state index in [1.54, 1.807) is 0 Å². The third-order valence-electron chi connectivity index (χ3n) is 5.49. The maximum atomic E-state index is 11.7. The second-order valence-electron chi connectivity index (χ2n) is 7.59. The van der Waals surface area contributed by atoms with Crippen LogP contribution in [0.25, 0.3) is 0 Å². The topological polar surface area (TPSA) is 32.3 Å². The van der Waals surface area contributed by atoms with E-state index in [0.717, 1.165) is 0 Å². The van der Waals surface area contributed by atoms with Gasteiger partial charge in [0.2, 0.25) is 0 Å². The number of nitrogens with one attached hydrogen (secondary N) is 1. The zero-order valence-electron chi connectivity index (χ0n) is 15.2. The quantitative estimate of drug-likeness (QED) is 0.750. The number of hydrogen-bond donors (Lipinski definition) is 2. The molecule has 2 aromatic rings. The van der Waals surface area contributed by atoms with Gasteiger partial charge in [-0.25, -0.2) is 0 Å². The van der Waals surface area contributed by atoms with Crippen LogP contribution in [0, 0.1) is 11.8 Å². The first-order chi connectivity index (χ1) is 12.0. The Hall–Kier alpha value is -1.90. The standard InChI is InChI=1S/C23H29NO/c1-4-15-23(25)16-20(18-11-7-5-8-12-18)24-22(21(23)17(2)3)19-13-9-6-10-14-19/h4-14,17,20-22,24-25H,1,15-16H2,2-3H3/t20-,21-,22-,23+/m0/s1. The van der Waals surface area contributed by atoms with Crippen molar-refractivity contribution in [2.45, 2.75) is 44.4 Å². The fourth-order valence-corrected chi connectivity index (χ4v) is 4.52. The molecule has 3 rings (SSSR count). The van der Waals surface area contributed by atoms with E-state index in [2.05, 4.69) is 74.3 Å². The van der Waals surface area contributed by atoms with Crippen LogP contribution < -0.4 is 5.32 Å². The number of benzene rings is 2. The molecule has 2 nitrogen and oxygen atoms in total. The lowest BCUT2D eigenvalue weighted by atomic mass is 9.65. The molecule has 0 unspecified atom stereocenters. The molecule has 0 bridgehead atoms. The van der Waals surface area contributed by atoms with E-state index in [-0.39, 0.29) is 18.0 Å². The number of piperidine rings is 1. The summed E-state index contributed by atoms with van der Waals surface area (Å²) in [7, 11) is 0. The Labute approximate surface area is 151 Å². The molecule has 4 atom stereocenters. The van der Waals surface area contributed by atoms with Crippen LogP contribution in [0.3, 0.4) is 0 Å². The van der Waals surface area contributed by atoms with Gasteiger partial charge in [-0.1, -0.05) is 80.6 Å². The minimum Gasteiger partial charge on any atom is -0.389 e. The largest absolute Gasteiger partial charge is 0.389 e. The lowest BCUT2D eigenvalue weighted by Crippen LogP contribution is -2.54. The molecule has 1 fully saturated rings. The van der Waals surface area contributed by atoms with Crippen molar-refractivity contribution in [3.63, 3.8) is 0 Å². The summed E-state index contributed by atoms with van der Waals surface area (Å²) in [4.78, 5) is 0. The van der Waals surface area contributed by atoms with Gasteiger partial charge in [0, 0.05) is 18.0 Å². The number of rotatable bonds is 5. The Morgan fingerprint density at radius 3 is 2.16 bits per heavy atom. The molecule has 0 radical (unpaired) electrons. The lowest BCUT2D eigenvalue weighted by molar-refractivity contribution is -0.0902. The molecule has 0 spiro atoms. The van der Waals surface area contributed by atoms with Crippen LogP contribution in [0.4, 0.5) is 0 Å². The van der Waals surface area contributed by atoms with Gasteiger partial charge in [-0.05, 0) is 29.9 Å². The highest BCUT2D eigenvalue weighted by molar-refractivity contribution is 5.27. The molecule has 1 aliphatic heterocycles. The van der Waals surface area contributed by atoms with E-state index >= 15 is 0 Å². The smallest absolute Gasteiger partial charge is 0.0748 e. The van der Waals surface area contributed by atoms with Gasteiger partial charge in [0.25, 0.3) is 0 Å². The van der Waals surface area contributed by atoms with Crippen molar-refractivity contribution in [2.75, 3.05) is 0 Å². The van der Waals surface area contributed by atoms with E-state index in [4.69, 9.17) is 0 Å². The minimum atomic E-state index is -0.762. The molecule has 2 N–H and O–H groups in total. The van der Waals surface area contributed by atoms with Crippen LogP contribution in [0.5, 0.6) is 0 Å². The fraction of sp³-hybridized carbons (Fsp3) is 0.391. The van der Waals surface area contributed by atoms with Crippen LogP contribution >= 0.6 is 0 Å². The highest BCUT2D eigenvalue weighted by Gasteiger charge is 2.48. The second-order valence-corrected chi connectivity index (χ2v) is 7.59. The first-order valence-electron chi connectivity index (χ1n) is 9.24. The molecule has 1 aliphatic rings. The zero-order chi connectivity index (χ0) is 17.9. The van der Waals surface area contributed by atoms with Crippen LogP contribution in [0.2, 0.25) is 0 Å². The van der Waals surface area contributed by atoms with Crippen LogP contribution in [-0.4, -0.2) is 10.7 Å². The Morgan fingerprint density at radius 1 is 1.08 bits per heavy atom. The molecule has 2 heteroatoms. The summed E-state index contributed by atoms with van der Waals surface area (Å²) in [5.74, 6) is 0.493. The van der Waals surface area contributed by atoms with Crippen molar-refractivity contribution in [1.29, 1.82) is 0 Å². The molecule has 0 saturated carbocycles. The summed E-state index contributed by atoms with van der Waals surface area (Å²) < 4.78 is 0. The van der Waals surface area contributed by atoms with Crippen LogP contribution in [0.1, 0.15) is 49.9 Å². The van der Waals surface area contributed by atoms with Gasteiger partial charge in [-0.3, -0.25) is 0 Å². The average Bonchev–Trinajstić information content (AvgIpc) is 2.62. The normalized spacial score (nSPS) is 29.5. The summed E-state index contributed by atoms with van der Waals surface area (Å²) in [6, 6.07) is 21.2. The molecule has 2 aromatic carbocycles. The van der Waals surface area contributed by atoms with Gasteiger partial charge in [-0.15, -0.1) is 6.58 Å². The van der Waals surface area contributed by atoms with Gasteiger partial charge >= 0.3 is 0 Å². The van der Waals surface area contributed by atoms with Crippen LogP contribution in [0.15, 0.2) is 73.3 Å². The number of aliphatic hydroxyl groups is 1. The third kappa shape index (κ3) is 3.70. The third-order valence-corrected chi connectivity index (χ3v) is 5.49. The van der Waals surface area contributed by atoms with Crippen molar-refractivity contribution in [2.24, 2.45) is 11.8 Å². The molecular weight excluding hydrogens is 306 g/mol. The SMILES string of the molecule is C=CC[C@@]1(O)C[C@@H](c2ccccc2)N[C@@H](c2ccccc2)[C@@H]1C(C)C. The van der Waals surface area contributed by atoms with E-state index in [1.165, 1.54) is 11.1 Å². The summed E-state index contributed by atoms with van der Waals surface area (Å²) in [6.45, 7) is 8.32. The fourth-order valence-electron chi connectivity index (χ4n) is 4.52. The van der Waals surface area contributed by atoms with Crippen molar-refractivity contribution in [3.05, 3.63) is 84.4 Å². The second kappa shape index (κ2) is 7.55. The van der Waals surface area contributed by atoms with Gasteiger partial charge in [0.15, 0.2) is 0 Å². The monoisotopic (exact) mass is 335 g/mol. The van der Waals surface area contributed by atoms with Crippen molar-refractivity contribution >= 4 is 0 Å². The Kier molecular flexibility index (Phi) is 5.41. The number of hydrogen-bond acceptors (Lipinski definition) is 2. The molecule has 1 saturated heterocycles. The van der Waals surface area contributed by atoms with Crippen molar-refractivity contribution < 1.29 is 5.11 Å². The molecular formula is C23H29NO. The lowest BCUT2D eigenvalue weighted by Gasteiger charge is -2.50. The molecule has 0 aromatic heterocycles. The highest BCUT2D eigenvalue weighted by Crippen LogP contribution is 2.48. The summed E-state index contributed by atoms with van der Waals surface area (Å²) in [5, 5.41) is 15.5. The maximum absolute atomic E-state index is 11.7. The molecule has 25 heavy (non-hydrogen) atoms. The van der Waals surface area contributed by atoms with Gasteiger partial charge < -0.3 is 10.4 Å². The summed E-state index contributed by atoms with van der Waals surface area (Å²) in [6.07, 6.45) is 3.18. The van der Waals surface area contributed by atoms with Gasteiger partial charge in [0.05, 0.1) is 5.60 Å². The molecule has 1 heterocycles. The molecule has 0 amide bonds. The maximum Gasteiger partial charge on any atom is 0.0748 e. The Bertz CT molecular complexity index is 682. The first-order valence-corrected chi connectivity index (χ1v) is 9.24. The van der Waals surface area contributed by atoms with Crippen molar-refractivity contribution in [1.82, 2.24) is 5.32 Å². The zero-order valence-corrected chi connectivity index (χ0v) is 15.2. The predicted octanol–water partition coefficient (Wildman–Crippen LogP) is 5.04. The Morgan fingerprint density at radius 2 is 1.64 bits per heavy atom. The van der Waals surface area contributed by atoms with E-state index < -0.39 is 5.60 Å². The average molecular weight is 335 g/mol. The van der Waals surface area contributed by atoms with Gasteiger partial charge in [-0.2, -0.15) is 0 Å². The predicted molar refractivity (Wildman–Crippen MR) is 104 cm³/mol. The summed E-state index contributed by atoms with van der Waals surface area (Å²) >= 11 is 0. The Balaban J connectivity index is 2.04. The van der Waals surface area contributed by atoms with Crippen LogP contribution in [-0.2, 0) is 0 Å². The van der Waals surface area contributed by atoms with Gasteiger partial charge in [0.1, 0.15) is 0 Å². The molecule has 132 valence electrons. The van der Waals surface area contributed by atoms with E-state index in [0.29, 0.717) is 18.8 Å². The van der Waals surface area contributed by atoms with E-state index in [9.17, 15) is 5.11 Å². The van der Waals surface area contributed by atoms with Crippen molar-refractivity contribution in [3.8, 4) is 0 Å². The van der Waals surface area contributed by atoms with E-state index in [1.807, 2.05) is 18.2 Å². The first kappa shape index (κ1) is 17.9. The highest BCUT2D eigenvalue weighted by atomic mass is 16.3.